The zero-order valence-electron chi connectivity index (χ0n) is 15.0. The van der Waals surface area contributed by atoms with E-state index in [0.717, 1.165) is 4.90 Å². The van der Waals surface area contributed by atoms with Crippen molar-refractivity contribution < 1.29 is 23.9 Å². The number of esters is 1. The molecule has 28 heavy (non-hydrogen) atoms. The van der Waals surface area contributed by atoms with E-state index in [4.69, 9.17) is 4.74 Å². The second kappa shape index (κ2) is 6.92. The van der Waals surface area contributed by atoms with Crippen molar-refractivity contribution >= 4 is 23.7 Å². The first kappa shape index (κ1) is 17.9. The molecule has 0 saturated carbocycles. The lowest BCUT2D eigenvalue weighted by atomic mass is 9.82. The largest absolute Gasteiger partial charge is 0.433 e. The van der Waals surface area contributed by atoms with Gasteiger partial charge in [0, 0.05) is 12.8 Å². The number of ketones is 1. The zero-order valence-corrected chi connectivity index (χ0v) is 15.0. The molecule has 0 aliphatic carbocycles. The minimum Gasteiger partial charge on any atom is -0.433 e. The minimum atomic E-state index is -1.54. The highest BCUT2D eigenvalue weighted by Crippen LogP contribution is 2.37. The lowest BCUT2D eigenvalue weighted by molar-refractivity contribution is -0.164. The van der Waals surface area contributed by atoms with Gasteiger partial charge in [-0.2, -0.15) is 0 Å². The van der Waals surface area contributed by atoms with Gasteiger partial charge in [-0.05, 0) is 17.5 Å². The monoisotopic (exact) mass is 378 g/mol. The lowest BCUT2D eigenvalue weighted by Gasteiger charge is -2.29. The molecule has 142 valence electrons. The molecule has 0 aromatic heterocycles. The van der Waals surface area contributed by atoms with Gasteiger partial charge in [0.15, 0.2) is 11.3 Å². The minimum absolute atomic E-state index is 0.0666. The number of nitrogens with one attached hydrogen (secondary N) is 1. The molecular formula is C21H18N2O5. The highest BCUT2D eigenvalue weighted by molar-refractivity contribution is 6.12. The van der Waals surface area contributed by atoms with Gasteiger partial charge in [-0.25, -0.2) is 9.69 Å². The quantitative estimate of drug-likeness (QED) is 0.652. The summed E-state index contributed by atoms with van der Waals surface area (Å²) in [6.07, 6.45) is -1.07. The van der Waals surface area contributed by atoms with Gasteiger partial charge in [0.25, 0.3) is 5.91 Å². The number of cyclic esters (lactones) is 1. The van der Waals surface area contributed by atoms with Crippen molar-refractivity contribution in [2.75, 3.05) is 0 Å². The van der Waals surface area contributed by atoms with Crippen LogP contribution in [0.4, 0.5) is 4.79 Å². The van der Waals surface area contributed by atoms with Gasteiger partial charge in [-0.1, -0.05) is 60.7 Å². The molecule has 2 aliphatic heterocycles. The molecule has 3 amide bonds. The van der Waals surface area contributed by atoms with E-state index in [9.17, 15) is 19.2 Å². The van der Waals surface area contributed by atoms with E-state index < -0.39 is 35.5 Å². The van der Waals surface area contributed by atoms with Gasteiger partial charge in [0.1, 0.15) is 0 Å². The van der Waals surface area contributed by atoms with Gasteiger partial charge in [0.2, 0.25) is 6.23 Å². The van der Waals surface area contributed by atoms with Crippen LogP contribution in [0, 0.1) is 0 Å². The molecule has 7 nitrogen and oxygen atoms in total. The van der Waals surface area contributed by atoms with E-state index in [2.05, 4.69) is 5.32 Å². The number of urea groups is 1. The number of nitrogens with zero attached hydrogens (tertiary/aromatic N) is 1. The third-order valence-electron chi connectivity index (χ3n) is 5.02. The van der Waals surface area contributed by atoms with E-state index in [1.54, 1.807) is 60.7 Å². The summed E-state index contributed by atoms with van der Waals surface area (Å²) in [5, 5.41) is 2.75. The number of imide groups is 1. The Bertz CT molecular complexity index is 902. The second-order valence-corrected chi connectivity index (χ2v) is 6.75. The van der Waals surface area contributed by atoms with Crippen LogP contribution >= 0.6 is 0 Å². The summed E-state index contributed by atoms with van der Waals surface area (Å²) >= 11 is 0. The van der Waals surface area contributed by atoms with Crippen molar-refractivity contribution in [3.63, 3.8) is 0 Å². The summed E-state index contributed by atoms with van der Waals surface area (Å²) in [5.41, 5.74) is -0.401. The number of carbonyl (C=O) groups is 4. The van der Waals surface area contributed by atoms with Crippen LogP contribution in [0.2, 0.25) is 0 Å². The summed E-state index contributed by atoms with van der Waals surface area (Å²) in [7, 11) is 0. The van der Waals surface area contributed by atoms with Crippen LogP contribution in [0.3, 0.4) is 0 Å². The highest BCUT2D eigenvalue weighted by Gasteiger charge is 2.57. The Morgan fingerprint density at radius 2 is 1.43 bits per heavy atom. The zero-order chi connectivity index (χ0) is 19.7. The molecule has 7 heteroatoms. The molecule has 2 aliphatic rings. The van der Waals surface area contributed by atoms with Crippen LogP contribution in [0.5, 0.6) is 0 Å². The smallest absolute Gasteiger partial charge is 0.328 e. The van der Waals surface area contributed by atoms with Crippen LogP contribution in [0.25, 0.3) is 0 Å². The van der Waals surface area contributed by atoms with Crippen LogP contribution in [-0.4, -0.2) is 34.8 Å². The average molecular weight is 378 g/mol. The Balaban J connectivity index is 1.84. The van der Waals surface area contributed by atoms with E-state index in [1.165, 1.54) is 0 Å². The number of hydrogen-bond donors (Lipinski definition) is 1. The molecule has 1 unspecified atom stereocenters. The number of ether oxygens (including phenoxy) is 1. The average Bonchev–Trinajstić information content (AvgIpc) is 2.87. The normalized spacial score (nSPS) is 21.9. The molecule has 0 spiro atoms. The second-order valence-electron chi connectivity index (χ2n) is 6.75. The van der Waals surface area contributed by atoms with Crippen molar-refractivity contribution in [2.45, 2.75) is 31.0 Å². The van der Waals surface area contributed by atoms with Gasteiger partial charge >= 0.3 is 12.0 Å². The first-order chi connectivity index (χ1) is 13.5. The van der Waals surface area contributed by atoms with Crippen LogP contribution in [-0.2, 0) is 24.7 Å². The summed E-state index contributed by atoms with van der Waals surface area (Å²) in [6, 6.07) is 16.8. The summed E-state index contributed by atoms with van der Waals surface area (Å²) in [4.78, 5) is 51.5. The lowest BCUT2D eigenvalue weighted by Crippen LogP contribution is -2.49. The molecule has 0 radical (unpaired) electrons. The Kier molecular flexibility index (Phi) is 4.43. The molecule has 2 saturated heterocycles. The maximum absolute atomic E-state index is 13.6. The number of carbonyl (C=O) groups excluding carboxylic acids is 4. The number of Topliss-reactive ketones (excluding diaryl/α,β-unsaturated/α-hetero) is 1. The topological polar surface area (TPSA) is 92.8 Å². The van der Waals surface area contributed by atoms with Crippen molar-refractivity contribution in [3.8, 4) is 0 Å². The molecule has 2 heterocycles. The molecule has 2 aromatic rings. The first-order valence-corrected chi connectivity index (χ1v) is 9.03. The maximum atomic E-state index is 13.6. The molecule has 1 N–H and O–H groups in total. The Morgan fingerprint density at radius 3 is 2.00 bits per heavy atom. The SMILES string of the molecule is O=C1CCCC(=O)C(N2C(=O)NC(c3ccccc3)(c3ccccc3)C2=O)O1. The summed E-state index contributed by atoms with van der Waals surface area (Å²) < 4.78 is 5.17. The van der Waals surface area contributed by atoms with Gasteiger partial charge in [0.05, 0.1) is 0 Å². The standard InChI is InChI=1S/C21H18N2O5/c24-16-12-7-13-17(25)28-18(16)23-19(26)21(22-20(23)27,14-8-3-1-4-9-14)15-10-5-2-6-11-15/h1-6,8-11,18H,7,12-13H2,(H,22,27). The fraction of sp³-hybridized carbons (Fsp3) is 0.238. The molecular weight excluding hydrogens is 360 g/mol. The fourth-order valence-electron chi connectivity index (χ4n) is 3.67. The molecule has 2 fully saturated rings. The van der Waals surface area contributed by atoms with Crippen LogP contribution < -0.4 is 5.32 Å². The Labute approximate surface area is 161 Å². The van der Waals surface area contributed by atoms with E-state index >= 15 is 0 Å². The number of hydrogen-bond acceptors (Lipinski definition) is 5. The number of benzene rings is 2. The van der Waals surface area contributed by atoms with Crippen molar-refractivity contribution in [2.24, 2.45) is 0 Å². The maximum Gasteiger partial charge on any atom is 0.328 e. The van der Waals surface area contributed by atoms with E-state index in [1.807, 2.05) is 0 Å². The number of amides is 3. The first-order valence-electron chi connectivity index (χ1n) is 9.03. The molecule has 0 bridgehead atoms. The number of rotatable bonds is 3. The third-order valence-corrected chi connectivity index (χ3v) is 5.02. The fourth-order valence-corrected chi connectivity index (χ4v) is 3.67. The van der Waals surface area contributed by atoms with Gasteiger partial charge < -0.3 is 10.1 Å². The highest BCUT2D eigenvalue weighted by atomic mass is 16.6. The van der Waals surface area contributed by atoms with Gasteiger partial charge in [-0.15, -0.1) is 0 Å². The van der Waals surface area contributed by atoms with Crippen molar-refractivity contribution in [3.05, 3.63) is 71.8 Å². The summed E-state index contributed by atoms with van der Waals surface area (Å²) in [6.45, 7) is 0. The molecule has 2 aromatic carbocycles. The van der Waals surface area contributed by atoms with Crippen molar-refractivity contribution in [1.29, 1.82) is 0 Å². The van der Waals surface area contributed by atoms with E-state index in [0.29, 0.717) is 17.5 Å². The van der Waals surface area contributed by atoms with Gasteiger partial charge in [-0.3, -0.25) is 14.4 Å². The van der Waals surface area contributed by atoms with E-state index in [-0.39, 0.29) is 12.8 Å². The predicted octanol–water partition coefficient (Wildman–Crippen LogP) is 2.10. The van der Waals surface area contributed by atoms with Crippen LogP contribution in [0.15, 0.2) is 60.7 Å². The van der Waals surface area contributed by atoms with Crippen molar-refractivity contribution in [1.82, 2.24) is 10.2 Å². The van der Waals surface area contributed by atoms with Crippen LogP contribution in [0.1, 0.15) is 30.4 Å². The molecule has 1 atom stereocenters. The molecule has 4 rings (SSSR count). The Hall–Kier alpha value is -3.48. The third kappa shape index (κ3) is 2.76. The summed E-state index contributed by atoms with van der Waals surface area (Å²) in [5.74, 6) is -1.72. The Morgan fingerprint density at radius 1 is 0.857 bits per heavy atom. The predicted molar refractivity (Wildman–Crippen MR) is 97.8 cm³/mol.